The van der Waals surface area contributed by atoms with E-state index in [1.807, 2.05) is 6.92 Å². The Morgan fingerprint density at radius 2 is 2.05 bits per heavy atom. The lowest BCUT2D eigenvalue weighted by Gasteiger charge is -2.39. The third kappa shape index (κ3) is 4.09. The summed E-state index contributed by atoms with van der Waals surface area (Å²) < 4.78 is 5.42. The SMILES string of the molecule is COC1(C)CCCN(C(=O)N[C@H](C(=O)O)C(C)C)C1. The Balaban J connectivity index is 2.64. The number of carboxylic acids is 1. The maximum atomic E-state index is 12.1. The van der Waals surface area contributed by atoms with Crippen molar-refractivity contribution in [3.63, 3.8) is 0 Å². The minimum absolute atomic E-state index is 0.153. The third-order valence-electron chi connectivity index (χ3n) is 3.65. The van der Waals surface area contributed by atoms with Crippen molar-refractivity contribution in [1.29, 1.82) is 0 Å². The van der Waals surface area contributed by atoms with Gasteiger partial charge >= 0.3 is 12.0 Å². The van der Waals surface area contributed by atoms with Crippen LogP contribution in [-0.4, -0.2) is 53.8 Å². The van der Waals surface area contributed by atoms with Gasteiger partial charge in [0.15, 0.2) is 0 Å². The highest BCUT2D eigenvalue weighted by Crippen LogP contribution is 2.23. The zero-order valence-corrected chi connectivity index (χ0v) is 12.1. The Bertz CT molecular complexity index is 346. The first-order chi connectivity index (χ1) is 8.79. The van der Waals surface area contributed by atoms with Gasteiger partial charge < -0.3 is 20.1 Å². The van der Waals surface area contributed by atoms with Gasteiger partial charge in [0.1, 0.15) is 6.04 Å². The van der Waals surface area contributed by atoms with Crippen molar-refractivity contribution >= 4 is 12.0 Å². The first-order valence-electron chi connectivity index (χ1n) is 6.62. The molecule has 1 aliphatic heterocycles. The van der Waals surface area contributed by atoms with E-state index in [9.17, 15) is 9.59 Å². The van der Waals surface area contributed by atoms with Crippen LogP contribution in [0.5, 0.6) is 0 Å². The fraction of sp³-hybridized carbons (Fsp3) is 0.846. The van der Waals surface area contributed by atoms with Crippen molar-refractivity contribution in [3.05, 3.63) is 0 Å². The number of amides is 2. The number of nitrogens with one attached hydrogen (secondary N) is 1. The second kappa shape index (κ2) is 6.23. The van der Waals surface area contributed by atoms with Crippen LogP contribution in [0.3, 0.4) is 0 Å². The van der Waals surface area contributed by atoms with Crippen LogP contribution in [0.1, 0.15) is 33.6 Å². The molecule has 1 heterocycles. The highest BCUT2D eigenvalue weighted by atomic mass is 16.5. The fourth-order valence-corrected chi connectivity index (χ4v) is 2.28. The number of carbonyl (C=O) groups is 2. The number of urea groups is 1. The summed E-state index contributed by atoms with van der Waals surface area (Å²) in [5.41, 5.74) is -0.341. The van der Waals surface area contributed by atoms with Crippen molar-refractivity contribution in [1.82, 2.24) is 10.2 Å². The summed E-state index contributed by atoms with van der Waals surface area (Å²) in [5.74, 6) is -1.16. The normalized spacial score (nSPS) is 25.2. The van der Waals surface area contributed by atoms with Gasteiger partial charge in [-0.15, -0.1) is 0 Å². The van der Waals surface area contributed by atoms with E-state index >= 15 is 0 Å². The van der Waals surface area contributed by atoms with Crippen molar-refractivity contribution in [2.45, 2.75) is 45.3 Å². The Labute approximate surface area is 114 Å². The highest BCUT2D eigenvalue weighted by molar-refractivity contribution is 5.82. The first-order valence-corrected chi connectivity index (χ1v) is 6.62. The molecule has 1 fully saturated rings. The van der Waals surface area contributed by atoms with Gasteiger partial charge in [0.05, 0.1) is 12.1 Å². The Morgan fingerprint density at radius 3 is 2.53 bits per heavy atom. The van der Waals surface area contributed by atoms with E-state index in [1.165, 1.54) is 0 Å². The minimum atomic E-state index is -1.00. The molecule has 0 aromatic carbocycles. The van der Waals surface area contributed by atoms with E-state index in [0.717, 1.165) is 12.8 Å². The van der Waals surface area contributed by atoms with Crippen LogP contribution in [0.25, 0.3) is 0 Å². The molecule has 2 amide bonds. The van der Waals surface area contributed by atoms with Gasteiger partial charge in [-0.05, 0) is 25.7 Å². The Morgan fingerprint density at radius 1 is 1.42 bits per heavy atom. The number of hydrogen-bond donors (Lipinski definition) is 2. The smallest absolute Gasteiger partial charge is 0.326 e. The molecule has 0 spiro atoms. The predicted molar refractivity (Wildman–Crippen MR) is 71.0 cm³/mol. The van der Waals surface area contributed by atoms with Gasteiger partial charge in [-0.3, -0.25) is 0 Å². The molecule has 2 N–H and O–H groups in total. The molecule has 0 aliphatic carbocycles. The maximum absolute atomic E-state index is 12.1. The van der Waals surface area contributed by atoms with Gasteiger partial charge in [0, 0.05) is 13.7 Å². The number of aliphatic carboxylic acids is 1. The van der Waals surface area contributed by atoms with Crippen molar-refractivity contribution in [2.24, 2.45) is 5.92 Å². The standard InChI is InChI=1S/C13H24N2O4/c1-9(2)10(11(16)17)14-12(18)15-7-5-6-13(3,8-15)19-4/h9-10H,5-8H2,1-4H3,(H,14,18)(H,16,17)/t10-,13?/m0/s1. The fourth-order valence-electron chi connectivity index (χ4n) is 2.28. The zero-order chi connectivity index (χ0) is 14.6. The molecule has 110 valence electrons. The Hall–Kier alpha value is -1.30. The van der Waals surface area contributed by atoms with Gasteiger partial charge in [0.2, 0.25) is 0 Å². The van der Waals surface area contributed by atoms with Crippen LogP contribution in [0, 0.1) is 5.92 Å². The zero-order valence-electron chi connectivity index (χ0n) is 12.1. The number of carbonyl (C=O) groups excluding carboxylic acids is 1. The van der Waals surface area contributed by atoms with E-state index in [4.69, 9.17) is 9.84 Å². The summed E-state index contributed by atoms with van der Waals surface area (Å²) in [7, 11) is 1.63. The minimum Gasteiger partial charge on any atom is -0.480 e. The number of carboxylic acid groups (broad SMARTS) is 1. The molecule has 0 saturated carbocycles. The molecule has 6 heteroatoms. The Kier molecular flexibility index (Phi) is 5.17. The van der Waals surface area contributed by atoms with Crippen LogP contribution < -0.4 is 5.32 Å². The molecular formula is C13H24N2O4. The lowest BCUT2D eigenvalue weighted by molar-refractivity contribution is -0.140. The number of methoxy groups -OCH3 is 1. The second-order valence-corrected chi connectivity index (χ2v) is 5.69. The molecule has 1 saturated heterocycles. The van der Waals surface area contributed by atoms with E-state index in [-0.39, 0.29) is 17.6 Å². The van der Waals surface area contributed by atoms with Crippen LogP contribution >= 0.6 is 0 Å². The second-order valence-electron chi connectivity index (χ2n) is 5.69. The number of rotatable bonds is 4. The van der Waals surface area contributed by atoms with E-state index in [1.54, 1.807) is 25.9 Å². The van der Waals surface area contributed by atoms with Gasteiger partial charge in [-0.1, -0.05) is 13.8 Å². The average Bonchev–Trinajstić information content (AvgIpc) is 2.35. The lowest BCUT2D eigenvalue weighted by atomic mass is 9.95. The molecule has 2 atom stereocenters. The van der Waals surface area contributed by atoms with Crippen LogP contribution in [-0.2, 0) is 9.53 Å². The number of piperidine rings is 1. The van der Waals surface area contributed by atoms with Crippen molar-refractivity contribution in [3.8, 4) is 0 Å². The van der Waals surface area contributed by atoms with E-state index in [0.29, 0.717) is 13.1 Å². The van der Waals surface area contributed by atoms with E-state index in [2.05, 4.69) is 5.32 Å². The number of hydrogen-bond acceptors (Lipinski definition) is 3. The molecule has 0 radical (unpaired) electrons. The van der Waals surface area contributed by atoms with Crippen molar-refractivity contribution < 1.29 is 19.4 Å². The predicted octanol–water partition coefficient (Wildman–Crippen LogP) is 1.31. The van der Waals surface area contributed by atoms with Crippen LogP contribution in [0.15, 0.2) is 0 Å². The van der Waals surface area contributed by atoms with E-state index < -0.39 is 12.0 Å². The lowest BCUT2D eigenvalue weighted by Crippen LogP contribution is -2.56. The summed E-state index contributed by atoms with van der Waals surface area (Å²) in [6, 6.07) is -1.19. The molecule has 0 bridgehead atoms. The molecule has 0 aromatic rings. The summed E-state index contributed by atoms with van der Waals surface area (Å²) in [6.07, 6.45) is 1.76. The van der Waals surface area contributed by atoms with Gasteiger partial charge in [0.25, 0.3) is 0 Å². The topological polar surface area (TPSA) is 78.9 Å². The number of ether oxygens (including phenoxy) is 1. The summed E-state index contributed by atoms with van der Waals surface area (Å²) in [5, 5.41) is 11.7. The molecule has 1 unspecified atom stereocenters. The molecule has 19 heavy (non-hydrogen) atoms. The maximum Gasteiger partial charge on any atom is 0.326 e. The number of likely N-dealkylation sites (tertiary alicyclic amines) is 1. The summed E-state index contributed by atoms with van der Waals surface area (Å²) >= 11 is 0. The van der Waals surface area contributed by atoms with Gasteiger partial charge in [-0.25, -0.2) is 9.59 Å². The highest BCUT2D eigenvalue weighted by Gasteiger charge is 2.34. The quantitative estimate of drug-likeness (QED) is 0.808. The van der Waals surface area contributed by atoms with Crippen LogP contribution in [0.4, 0.5) is 4.79 Å². The van der Waals surface area contributed by atoms with Crippen LogP contribution in [0.2, 0.25) is 0 Å². The summed E-state index contributed by atoms with van der Waals surface area (Å²) in [6.45, 7) is 6.63. The molecule has 0 aromatic heterocycles. The molecule has 1 aliphatic rings. The number of nitrogens with zero attached hydrogens (tertiary/aromatic N) is 1. The largest absolute Gasteiger partial charge is 0.480 e. The van der Waals surface area contributed by atoms with Crippen molar-refractivity contribution in [2.75, 3.05) is 20.2 Å². The molecule has 6 nitrogen and oxygen atoms in total. The van der Waals surface area contributed by atoms with Gasteiger partial charge in [-0.2, -0.15) is 0 Å². The molecule has 1 rings (SSSR count). The monoisotopic (exact) mass is 272 g/mol. The first kappa shape index (κ1) is 15.8. The summed E-state index contributed by atoms with van der Waals surface area (Å²) in [4.78, 5) is 24.8. The molecular weight excluding hydrogens is 248 g/mol. The third-order valence-corrected chi connectivity index (χ3v) is 3.65. The average molecular weight is 272 g/mol.